The van der Waals surface area contributed by atoms with Gasteiger partial charge in [0.2, 0.25) is 15.9 Å². The average molecular weight is 389 g/mol. The standard InChI is InChI=1S/C21H28N2O3S/c1-5-19(23(27(4,25)26)18-14-10-7-11-15-18)20(24)22-21(2,3)16-17-12-8-6-9-13-17/h6-15,19H,5,16H2,1-4H3,(H,22,24)/t19-/m1/s1. The summed E-state index contributed by atoms with van der Waals surface area (Å²) in [6.07, 6.45) is 2.15. The molecular weight excluding hydrogens is 360 g/mol. The highest BCUT2D eigenvalue weighted by Gasteiger charge is 2.34. The molecule has 0 aliphatic carbocycles. The van der Waals surface area contributed by atoms with Gasteiger partial charge in [0.15, 0.2) is 0 Å². The van der Waals surface area contributed by atoms with Gasteiger partial charge in [0.25, 0.3) is 0 Å². The zero-order valence-electron chi connectivity index (χ0n) is 16.3. The van der Waals surface area contributed by atoms with Gasteiger partial charge in [-0.2, -0.15) is 0 Å². The Morgan fingerprint density at radius 2 is 1.56 bits per heavy atom. The molecule has 0 aliphatic rings. The van der Waals surface area contributed by atoms with Crippen LogP contribution in [0.5, 0.6) is 0 Å². The van der Waals surface area contributed by atoms with Crippen LogP contribution in [0.1, 0.15) is 32.8 Å². The molecule has 0 bridgehead atoms. The molecule has 2 aromatic carbocycles. The Hall–Kier alpha value is -2.34. The number of anilines is 1. The van der Waals surface area contributed by atoms with E-state index >= 15 is 0 Å². The zero-order chi connectivity index (χ0) is 20.1. The lowest BCUT2D eigenvalue weighted by atomic mass is 9.94. The average Bonchev–Trinajstić information content (AvgIpc) is 2.59. The van der Waals surface area contributed by atoms with Crippen LogP contribution in [0.3, 0.4) is 0 Å². The Labute approximate surface area is 162 Å². The number of para-hydroxylation sites is 1. The van der Waals surface area contributed by atoms with Crippen LogP contribution in [0, 0.1) is 0 Å². The molecule has 2 aromatic rings. The summed E-state index contributed by atoms with van der Waals surface area (Å²) in [6, 6.07) is 17.8. The number of amides is 1. The number of rotatable bonds is 8. The van der Waals surface area contributed by atoms with E-state index in [2.05, 4.69) is 5.32 Å². The molecule has 0 radical (unpaired) electrons. The normalized spacial score (nSPS) is 13.0. The summed E-state index contributed by atoms with van der Waals surface area (Å²) in [5.41, 5.74) is 1.09. The van der Waals surface area contributed by atoms with E-state index < -0.39 is 21.6 Å². The van der Waals surface area contributed by atoms with Crippen LogP contribution in [0.2, 0.25) is 0 Å². The number of carbonyl (C=O) groups excluding carboxylic acids is 1. The van der Waals surface area contributed by atoms with Crippen LogP contribution < -0.4 is 9.62 Å². The Bertz CT molecular complexity index is 850. The third-order valence-electron chi connectivity index (χ3n) is 4.29. The lowest BCUT2D eigenvalue weighted by Gasteiger charge is -2.34. The SMILES string of the molecule is CC[C@H](C(=O)NC(C)(C)Cc1ccccc1)N(c1ccccc1)S(C)(=O)=O. The predicted molar refractivity (Wildman–Crippen MR) is 110 cm³/mol. The first-order valence-corrected chi connectivity index (χ1v) is 10.9. The fraction of sp³-hybridized carbons (Fsp3) is 0.381. The summed E-state index contributed by atoms with van der Waals surface area (Å²) >= 11 is 0. The maximum absolute atomic E-state index is 13.0. The number of sulfonamides is 1. The molecule has 0 heterocycles. The Morgan fingerprint density at radius 3 is 2.04 bits per heavy atom. The monoisotopic (exact) mass is 388 g/mol. The summed E-state index contributed by atoms with van der Waals surface area (Å²) in [5.74, 6) is -0.298. The molecule has 5 nitrogen and oxygen atoms in total. The Kier molecular flexibility index (Phi) is 6.65. The highest BCUT2D eigenvalue weighted by molar-refractivity contribution is 7.92. The Morgan fingerprint density at radius 1 is 1.04 bits per heavy atom. The van der Waals surface area contributed by atoms with Crippen molar-refractivity contribution >= 4 is 21.6 Å². The molecule has 0 saturated carbocycles. The molecular formula is C21H28N2O3S. The quantitative estimate of drug-likeness (QED) is 0.754. The van der Waals surface area contributed by atoms with Crippen molar-refractivity contribution in [1.29, 1.82) is 0 Å². The van der Waals surface area contributed by atoms with E-state index in [9.17, 15) is 13.2 Å². The minimum atomic E-state index is -3.62. The fourth-order valence-electron chi connectivity index (χ4n) is 3.20. The van der Waals surface area contributed by atoms with Crippen LogP contribution in [0.4, 0.5) is 5.69 Å². The number of carbonyl (C=O) groups is 1. The molecule has 0 saturated heterocycles. The molecule has 0 fully saturated rings. The molecule has 2 rings (SSSR count). The maximum Gasteiger partial charge on any atom is 0.244 e. The predicted octanol–water partition coefficient (Wildman–Crippen LogP) is 3.37. The highest BCUT2D eigenvalue weighted by Crippen LogP contribution is 2.23. The van der Waals surface area contributed by atoms with Gasteiger partial charge in [0, 0.05) is 5.54 Å². The molecule has 1 atom stereocenters. The fourth-order valence-corrected chi connectivity index (χ4v) is 4.41. The van der Waals surface area contributed by atoms with Gasteiger partial charge < -0.3 is 5.32 Å². The van der Waals surface area contributed by atoms with Gasteiger partial charge in [-0.1, -0.05) is 55.5 Å². The lowest BCUT2D eigenvalue weighted by molar-refractivity contribution is -0.123. The number of nitrogens with zero attached hydrogens (tertiary/aromatic N) is 1. The first-order chi connectivity index (χ1) is 12.6. The van der Waals surface area contributed by atoms with Gasteiger partial charge in [-0.25, -0.2) is 8.42 Å². The second-order valence-electron chi connectivity index (χ2n) is 7.35. The van der Waals surface area contributed by atoms with Gasteiger partial charge in [0.1, 0.15) is 6.04 Å². The van der Waals surface area contributed by atoms with Gasteiger partial charge in [-0.05, 0) is 44.4 Å². The van der Waals surface area contributed by atoms with Crippen LogP contribution in [0.25, 0.3) is 0 Å². The molecule has 1 N–H and O–H groups in total. The highest BCUT2D eigenvalue weighted by atomic mass is 32.2. The van der Waals surface area contributed by atoms with Gasteiger partial charge >= 0.3 is 0 Å². The molecule has 0 spiro atoms. The van der Waals surface area contributed by atoms with Crippen molar-refractivity contribution in [3.05, 3.63) is 66.2 Å². The minimum absolute atomic E-state index is 0.298. The van der Waals surface area contributed by atoms with Crippen molar-refractivity contribution in [3.8, 4) is 0 Å². The molecule has 1 amide bonds. The second kappa shape index (κ2) is 8.57. The van der Waals surface area contributed by atoms with Crippen molar-refractivity contribution < 1.29 is 13.2 Å². The number of hydrogen-bond donors (Lipinski definition) is 1. The van der Waals surface area contributed by atoms with E-state index in [-0.39, 0.29) is 5.91 Å². The molecule has 0 aromatic heterocycles. The first kappa shape index (κ1) is 21.0. The van der Waals surface area contributed by atoms with Gasteiger partial charge in [0.05, 0.1) is 11.9 Å². The first-order valence-electron chi connectivity index (χ1n) is 9.04. The van der Waals surface area contributed by atoms with E-state index in [0.29, 0.717) is 18.5 Å². The van der Waals surface area contributed by atoms with Crippen molar-refractivity contribution in [2.45, 2.75) is 45.2 Å². The van der Waals surface area contributed by atoms with Crippen molar-refractivity contribution in [1.82, 2.24) is 5.32 Å². The topological polar surface area (TPSA) is 66.5 Å². The summed E-state index contributed by atoms with van der Waals surface area (Å²) in [6.45, 7) is 5.70. The van der Waals surface area contributed by atoms with Crippen molar-refractivity contribution in [2.24, 2.45) is 0 Å². The summed E-state index contributed by atoms with van der Waals surface area (Å²) in [5, 5.41) is 3.03. The van der Waals surface area contributed by atoms with E-state index in [4.69, 9.17) is 0 Å². The third-order valence-corrected chi connectivity index (χ3v) is 5.47. The van der Waals surface area contributed by atoms with Gasteiger partial charge in [-0.15, -0.1) is 0 Å². The van der Waals surface area contributed by atoms with Crippen LogP contribution in [-0.4, -0.2) is 32.2 Å². The number of hydrogen-bond acceptors (Lipinski definition) is 3. The summed E-state index contributed by atoms with van der Waals surface area (Å²) in [4.78, 5) is 13.0. The summed E-state index contributed by atoms with van der Waals surface area (Å²) < 4.78 is 26.1. The molecule has 146 valence electrons. The second-order valence-corrected chi connectivity index (χ2v) is 9.21. The minimum Gasteiger partial charge on any atom is -0.349 e. The molecule has 27 heavy (non-hydrogen) atoms. The van der Waals surface area contributed by atoms with E-state index in [0.717, 1.165) is 11.8 Å². The molecule has 6 heteroatoms. The van der Waals surface area contributed by atoms with Crippen LogP contribution in [-0.2, 0) is 21.2 Å². The lowest BCUT2D eigenvalue weighted by Crippen LogP contribution is -2.55. The smallest absolute Gasteiger partial charge is 0.244 e. The van der Waals surface area contributed by atoms with Crippen molar-refractivity contribution in [2.75, 3.05) is 10.6 Å². The van der Waals surface area contributed by atoms with E-state index in [1.807, 2.05) is 57.2 Å². The molecule has 0 unspecified atom stereocenters. The molecule has 0 aliphatic heterocycles. The third kappa shape index (κ3) is 5.82. The van der Waals surface area contributed by atoms with E-state index in [1.54, 1.807) is 24.3 Å². The van der Waals surface area contributed by atoms with Crippen LogP contribution >= 0.6 is 0 Å². The maximum atomic E-state index is 13.0. The van der Waals surface area contributed by atoms with Crippen molar-refractivity contribution in [3.63, 3.8) is 0 Å². The van der Waals surface area contributed by atoms with Crippen LogP contribution in [0.15, 0.2) is 60.7 Å². The number of benzene rings is 2. The van der Waals surface area contributed by atoms with E-state index in [1.165, 1.54) is 4.31 Å². The number of nitrogens with one attached hydrogen (secondary N) is 1. The summed E-state index contributed by atoms with van der Waals surface area (Å²) in [7, 11) is -3.62. The Balaban J connectivity index is 2.25. The van der Waals surface area contributed by atoms with Gasteiger partial charge in [-0.3, -0.25) is 9.10 Å². The largest absolute Gasteiger partial charge is 0.349 e. The zero-order valence-corrected chi connectivity index (χ0v) is 17.2.